The normalized spacial score (nSPS) is 14.2. The maximum absolute atomic E-state index is 2.43. The summed E-state index contributed by atoms with van der Waals surface area (Å²) in [5.41, 5.74) is 0.530. The summed E-state index contributed by atoms with van der Waals surface area (Å²) in [6.07, 6.45) is 11.4. The minimum atomic E-state index is 0.530. The third kappa shape index (κ3) is 11.9. The first kappa shape index (κ1) is 15.0. The molecule has 0 aliphatic carbocycles. The number of rotatable bonds is 8. The van der Waals surface area contributed by atoms with Crippen molar-refractivity contribution in [2.75, 3.05) is 0 Å². The highest BCUT2D eigenvalue weighted by Crippen LogP contribution is 2.24. The Kier molecular flexibility index (Phi) is 8.19. The van der Waals surface area contributed by atoms with E-state index in [0.29, 0.717) is 5.41 Å². The highest BCUT2D eigenvalue weighted by atomic mass is 14.2. The number of unbranched alkanes of at least 4 members (excludes halogenated alkanes) is 3. The Bertz CT molecular complexity index is 129. The smallest absolute Gasteiger partial charge is 0.0383 e. The molecule has 0 saturated heterocycles. The van der Waals surface area contributed by atoms with Crippen molar-refractivity contribution in [3.05, 3.63) is 0 Å². The van der Waals surface area contributed by atoms with Crippen molar-refractivity contribution in [3.8, 4) is 0 Å². The van der Waals surface area contributed by atoms with Gasteiger partial charge < -0.3 is 0 Å². The molecule has 0 rings (SSSR count). The minimum absolute atomic E-state index is 0.530. The zero-order valence-corrected chi connectivity index (χ0v) is 11.7. The maximum Gasteiger partial charge on any atom is -0.0383 e. The van der Waals surface area contributed by atoms with E-state index in [-0.39, 0.29) is 0 Å². The molecule has 1 unspecified atom stereocenters. The first-order valence-corrected chi connectivity index (χ1v) is 6.95. The van der Waals surface area contributed by atoms with Crippen LogP contribution >= 0.6 is 0 Å². The molecule has 0 amide bonds. The van der Waals surface area contributed by atoms with E-state index in [1.807, 2.05) is 0 Å². The minimum Gasteiger partial charge on any atom is -0.0654 e. The maximum atomic E-state index is 2.43. The molecule has 0 aliphatic heterocycles. The summed E-state index contributed by atoms with van der Waals surface area (Å²) in [6, 6.07) is 0. The Hall–Kier alpha value is 0. The zero-order valence-electron chi connectivity index (χ0n) is 11.7. The topological polar surface area (TPSA) is 0 Å². The molecule has 0 N–H and O–H groups in total. The van der Waals surface area contributed by atoms with Crippen molar-refractivity contribution in [1.82, 2.24) is 0 Å². The summed E-state index contributed by atoms with van der Waals surface area (Å²) >= 11 is 0. The molecule has 0 aromatic heterocycles. The van der Waals surface area contributed by atoms with Crippen LogP contribution in [0.4, 0.5) is 0 Å². The molecule has 0 aromatic carbocycles. The number of hydrogen-bond donors (Lipinski definition) is 0. The van der Waals surface area contributed by atoms with Gasteiger partial charge in [-0.05, 0) is 17.8 Å². The van der Waals surface area contributed by atoms with Crippen LogP contribution in [0.3, 0.4) is 0 Å². The van der Waals surface area contributed by atoms with Crippen LogP contribution in [0.5, 0.6) is 0 Å². The Balaban J connectivity index is 3.29. The van der Waals surface area contributed by atoms with E-state index >= 15 is 0 Å². The van der Waals surface area contributed by atoms with Crippen molar-refractivity contribution in [1.29, 1.82) is 0 Å². The van der Waals surface area contributed by atoms with Gasteiger partial charge in [0, 0.05) is 0 Å². The van der Waals surface area contributed by atoms with Crippen molar-refractivity contribution >= 4 is 0 Å². The van der Waals surface area contributed by atoms with Crippen LogP contribution in [0.1, 0.15) is 86.0 Å². The van der Waals surface area contributed by atoms with Gasteiger partial charge in [0.2, 0.25) is 0 Å². The quantitative estimate of drug-likeness (QED) is 0.445. The van der Waals surface area contributed by atoms with Gasteiger partial charge in [-0.1, -0.05) is 79.6 Å². The van der Waals surface area contributed by atoms with Gasteiger partial charge in [-0.3, -0.25) is 0 Å². The summed E-state index contributed by atoms with van der Waals surface area (Å²) in [5.74, 6) is 0.948. The molecule has 15 heavy (non-hydrogen) atoms. The average Bonchev–Trinajstić information content (AvgIpc) is 2.10. The lowest BCUT2D eigenvalue weighted by molar-refractivity contribution is 0.335. The third-order valence-corrected chi connectivity index (χ3v) is 3.17. The lowest BCUT2D eigenvalue weighted by atomic mass is 9.87. The lowest BCUT2D eigenvalue weighted by Crippen LogP contribution is -2.05. The van der Waals surface area contributed by atoms with E-state index in [1.165, 1.54) is 51.4 Å². The van der Waals surface area contributed by atoms with E-state index in [4.69, 9.17) is 0 Å². The molecular weight excluding hydrogens is 180 g/mol. The van der Waals surface area contributed by atoms with Gasteiger partial charge in [-0.15, -0.1) is 0 Å². The summed E-state index contributed by atoms with van der Waals surface area (Å²) < 4.78 is 0. The summed E-state index contributed by atoms with van der Waals surface area (Å²) in [5, 5.41) is 0. The standard InChI is InChI=1S/C15H32/c1-6-7-8-9-11-14(2)12-10-13-15(3,4)5/h14H,6-13H2,1-5H3. The fourth-order valence-electron chi connectivity index (χ4n) is 2.04. The van der Waals surface area contributed by atoms with Crippen LogP contribution in [0, 0.1) is 11.3 Å². The fourth-order valence-corrected chi connectivity index (χ4v) is 2.04. The van der Waals surface area contributed by atoms with Crippen LogP contribution in [0.25, 0.3) is 0 Å². The van der Waals surface area contributed by atoms with Gasteiger partial charge >= 0.3 is 0 Å². The Morgan fingerprint density at radius 1 is 0.867 bits per heavy atom. The van der Waals surface area contributed by atoms with Crippen molar-refractivity contribution in [3.63, 3.8) is 0 Å². The highest BCUT2D eigenvalue weighted by Gasteiger charge is 2.10. The molecule has 0 radical (unpaired) electrons. The fraction of sp³-hybridized carbons (Fsp3) is 1.00. The van der Waals surface area contributed by atoms with E-state index in [9.17, 15) is 0 Å². The largest absolute Gasteiger partial charge is 0.0654 e. The van der Waals surface area contributed by atoms with Crippen LogP contribution in [-0.2, 0) is 0 Å². The van der Waals surface area contributed by atoms with Crippen LogP contribution < -0.4 is 0 Å². The van der Waals surface area contributed by atoms with Crippen molar-refractivity contribution < 1.29 is 0 Å². The SMILES string of the molecule is CCCCCCC(C)CCCC(C)(C)C. The Labute approximate surface area is 97.8 Å². The lowest BCUT2D eigenvalue weighted by Gasteiger charge is -2.19. The summed E-state index contributed by atoms with van der Waals surface area (Å²) in [7, 11) is 0. The molecule has 0 heteroatoms. The summed E-state index contributed by atoms with van der Waals surface area (Å²) in [6.45, 7) is 11.7. The van der Waals surface area contributed by atoms with Crippen LogP contribution in [0.2, 0.25) is 0 Å². The predicted molar refractivity (Wildman–Crippen MR) is 71.2 cm³/mol. The molecular formula is C15H32. The average molecular weight is 212 g/mol. The number of hydrogen-bond acceptors (Lipinski definition) is 0. The van der Waals surface area contributed by atoms with Crippen LogP contribution in [-0.4, -0.2) is 0 Å². The van der Waals surface area contributed by atoms with Gasteiger partial charge in [0.1, 0.15) is 0 Å². The van der Waals surface area contributed by atoms with Crippen LogP contribution in [0.15, 0.2) is 0 Å². The highest BCUT2D eigenvalue weighted by molar-refractivity contribution is 4.63. The van der Waals surface area contributed by atoms with Gasteiger partial charge in [-0.25, -0.2) is 0 Å². The molecule has 0 heterocycles. The molecule has 0 fully saturated rings. The molecule has 1 atom stereocenters. The van der Waals surface area contributed by atoms with Gasteiger partial charge in [0.05, 0.1) is 0 Å². The van der Waals surface area contributed by atoms with Gasteiger partial charge in [0.15, 0.2) is 0 Å². The second-order valence-electron chi connectivity index (χ2n) is 6.41. The Morgan fingerprint density at radius 3 is 2.00 bits per heavy atom. The zero-order chi connectivity index (χ0) is 11.7. The van der Waals surface area contributed by atoms with E-state index in [2.05, 4.69) is 34.6 Å². The molecule has 0 spiro atoms. The van der Waals surface area contributed by atoms with E-state index < -0.39 is 0 Å². The molecule has 0 aromatic rings. The summed E-state index contributed by atoms with van der Waals surface area (Å²) in [4.78, 5) is 0. The van der Waals surface area contributed by atoms with Crippen molar-refractivity contribution in [2.24, 2.45) is 11.3 Å². The molecule has 0 saturated carbocycles. The van der Waals surface area contributed by atoms with Crippen molar-refractivity contribution in [2.45, 2.75) is 86.0 Å². The van der Waals surface area contributed by atoms with E-state index in [0.717, 1.165) is 5.92 Å². The first-order valence-electron chi connectivity index (χ1n) is 6.95. The molecule has 0 bridgehead atoms. The first-order chi connectivity index (χ1) is 6.95. The second kappa shape index (κ2) is 8.19. The van der Waals surface area contributed by atoms with Gasteiger partial charge in [0.25, 0.3) is 0 Å². The Morgan fingerprint density at radius 2 is 1.47 bits per heavy atom. The third-order valence-electron chi connectivity index (χ3n) is 3.17. The predicted octanol–water partition coefficient (Wildman–Crippen LogP) is 5.81. The molecule has 92 valence electrons. The van der Waals surface area contributed by atoms with E-state index in [1.54, 1.807) is 0 Å². The molecule has 0 nitrogen and oxygen atoms in total. The molecule has 0 aliphatic rings. The monoisotopic (exact) mass is 212 g/mol. The van der Waals surface area contributed by atoms with Gasteiger partial charge in [-0.2, -0.15) is 0 Å². The second-order valence-corrected chi connectivity index (χ2v) is 6.41.